The van der Waals surface area contributed by atoms with Crippen molar-refractivity contribution in [3.63, 3.8) is 0 Å². The summed E-state index contributed by atoms with van der Waals surface area (Å²) in [6, 6.07) is 0. The molecule has 0 aliphatic heterocycles. The fourth-order valence-electron chi connectivity index (χ4n) is 1.01. The Bertz CT molecular complexity index is 429. The van der Waals surface area contributed by atoms with Gasteiger partial charge in [0, 0.05) is 17.8 Å². The summed E-state index contributed by atoms with van der Waals surface area (Å²) < 4.78 is 0. The summed E-state index contributed by atoms with van der Waals surface area (Å²) in [6.45, 7) is 0.365. The van der Waals surface area contributed by atoms with Gasteiger partial charge < -0.3 is 5.32 Å². The van der Waals surface area contributed by atoms with E-state index < -0.39 is 0 Å². The van der Waals surface area contributed by atoms with E-state index in [1.54, 1.807) is 29.5 Å². The first-order valence-corrected chi connectivity index (χ1v) is 5.22. The number of thiazole rings is 1. The zero-order chi connectivity index (χ0) is 10.5. The van der Waals surface area contributed by atoms with Crippen LogP contribution in [0.4, 0.5) is 0 Å². The first-order valence-electron chi connectivity index (χ1n) is 4.27. The maximum Gasteiger partial charge on any atom is 0.271 e. The molecule has 0 spiro atoms. The van der Waals surface area contributed by atoms with Crippen LogP contribution in [0.25, 0.3) is 0 Å². The zero-order valence-corrected chi connectivity index (χ0v) is 8.57. The van der Waals surface area contributed by atoms with Gasteiger partial charge in [-0.1, -0.05) is 0 Å². The number of carbonyl (C=O) groups excluding carboxylic acids is 1. The maximum absolute atomic E-state index is 11.5. The molecule has 0 radical (unpaired) electrons. The van der Waals surface area contributed by atoms with Crippen LogP contribution in [0, 0.1) is 0 Å². The summed E-state index contributed by atoms with van der Waals surface area (Å²) in [5, 5.41) is 4.40. The molecular weight excluding hydrogens is 212 g/mol. The van der Waals surface area contributed by atoms with Gasteiger partial charge in [-0.05, 0) is 0 Å². The van der Waals surface area contributed by atoms with Crippen molar-refractivity contribution in [3.05, 3.63) is 40.9 Å². The predicted molar refractivity (Wildman–Crippen MR) is 55.3 cm³/mol. The topological polar surface area (TPSA) is 67.8 Å². The van der Waals surface area contributed by atoms with Crippen molar-refractivity contribution in [1.82, 2.24) is 20.3 Å². The molecule has 0 fully saturated rings. The molecule has 5 nitrogen and oxygen atoms in total. The van der Waals surface area contributed by atoms with E-state index >= 15 is 0 Å². The lowest BCUT2D eigenvalue weighted by Crippen LogP contribution is -2.23. The average molecular weight is 220 g/mol. The Hall–Kier alpha value is -1.82. The third-order valence-corrected chi connectivity index (χ3v) is 2.30. The summed E-state index contributed by atoms with van der Waals surface area (Å²) in [5.74, 6) is -0.193. The number of hydrogen-bond donors (Lipinski definition) is 1. The lowest BCUT2D eigenvalue weighted by molar-refractivity contribution is 0.0946. The minimum atomic E-state index is -0.193. The van der Waals surface area contributed by atoms with Crippen molar-refractivity contribution in [2.45, 2.75) is 6.54 Å². The van der Waals surface area contributed by atoms with Crippen molar-refractivity contribution in [2.24, 2.45) is 0 Å². The molecule has 0 aromatic carbocycles. The van der Waals surface area contributed by atoms with Gasteiger partial charge in [-0.2, -0.15) is 0 Å². The number of amides is 1. The Morgan fingerprint density at radius 2 is 2.33 bits per heavy atom. The molecule has 0 bridgehead atoms. The normalized spacial score (nSPS) is 9.87. The van der Waals surface area contributed by atoms with Crippen LogP contribution in [0.1, 0.15) is 16.2 Å². The van der Waals surface area contributed by atoms with E-state index in [0.717, 1.165) is 5.69 Å². The number of nitrogens with zero attached hydrogens (tertiary/aromatic N) is 3. The van der Waals surface area contributed by atoms with Gasteiger partial charge in [0.1, 0.15) is 5.69 Å². The molecule has 15 heavy (non-hydrogen) atoms. The van der Waals surface area contributed by atoms with Gasteiger partial charge in [0.05, 0.1) is 23.9 Å². The Morgan fingerprint density at radius 1 is 1.40 bits per heavy atom. The second-order valence-electron chi connectivity index (χ2n) is 2.75. The SMILES string of the molecule is O=C(NCc1cnccn1)c1cscn1. The van der Waals surface area contributed by atoms with Crippen LogP contribution >= 0.6 is 11.3 Å². The molecule has 2 aromatic rings. The molecule has 0 atom stereocenters. The third-order valence-electron chi connectivity index (χ3n) is 1.71. The molecule has 0 aliphatic carbocycles. The Morgan fingerprint density at radius 3 is 3.00 bits per heavy atom. The maximum atomic E-state index is 11.5. The quantitative estimate of drug-likeness (QED) is 0.833. The fraction of sp³-hybridized carbons (Fsp3) is 0.111. The number of rotatable bonds is 3. The van der Waals surface area contributed by atoms with Crippen molar-refractivity contribution in [2.75, 3.05) is 0 Å². The van der Waals surface area contributed by atoms with E-state index in [1.165, 1.54) is 11.3 Å². The number of nitrogens with one attached hydrogen (secondary N) is 1. The van der Waals surface area contributed by atoms with Crippen LogP contribution in [-0.4, -0.2) is 20.9 Å². The lowest BCUT2D eigenvalue weighted by atomic mass is 10.4. The molecule has 1 amide bonds. The molecule has 0 saturated carbocycles. The van der Waals surface area contributed by atoms with E-state index in [1.807, 2.05) is 0 Å². The molecule has 6 heteroatoms. The highest BCUT2D eigenvalue weighted by Crippen LogP contribution is 2.00. The Labute approximate surface area is 90.2 Å². The highest BCUT2D eigenvalue weighted by atomic mass is 32.1. The largest absolute Gasteiger partial charge is 0.345 e. The fourth-order valence-corrected chi connectivity index (χ4v) is 1.54. The summed E-state index contributed by atoms with van der Waals surface area (Å²) in [4.78, 5) is 23.3. The number of hydrogen-bond acceptors (Lipinski definition) is 5. The van der Waals surface area contributed by atoms with E-state index in [0.29, 0.717) is 12.2 Å². The number of carbonyl (C=O) groups is 1. The lowest BCUT2D eigenvalue weighted by Gasteiger charge is -2.01. The van der Waals surface area contributed by atoms with Crippen molar-refractivity contribution >= 4 is 17.2 Å². The first kappa shape index (κ1) is 9.72. The van der Waals surface area contributed by atoms with Gasteiger partial charge in [0.15, 0.2) is 0 Å². The van der Waals surface area contributed by atoms with Crippen molar-refractivity contribution in [1.29, 1.82) is 0 Å². The van der Waals surface area contributed by atoms with Gasteiger partial charge in [0.25, 0.3) is 5.91 Å². The Kier molecular flexibility index (Phi) is 2.99. The molecule has 0 saturated heterocycles. The van der Waals surface area contributed by atoms with Crippen LogP contribution in [-0.2, 0) is 6.54 Å². The molecule has 2 rings (SSSR count). The van der Waals surface area contributed by atoms with Crippen LogP contribution in [0.3, 0.4) is 0 Å². The zero-order valence-electron chi connectivity index (χ0n) is 7.75. The molecule has 76 valence electrons. The molecule has 2 aromatic heterocycles. The predicted octanol–water partition coefficient (Wildman–Crippen LogP) is 0.863. The summed E-state index contributed by atoms with van der Waals surface area (Å²) in [5.41, 5.74) is 2.78. The minimum Gasteiger partial charge on any atom is -0.345 e. The summed E-state index contributed by atoms with van der Waals surface area (Å²) in [7, 11) is 0. The van der Waals surface area contributed by atoms with Gasteiger partial charge in [-0.3, -0.25) is 14.8 Å². The van der Waals surface area contributed by atoms with E-state index in [9.17, 15) is 4.79 Å². The third kappa shape index (κ3) is 2.57. The van der Waals surface area contributed by atoms with Crippen LogP contribution in [0.2, 0.25) is 0 Å². The summed E-state index contributed by atoms with van der Waals surface area (Å²) in [6.07, 6.45) is 4.79. The van der Waals surface area contributed by atoms with Gasteiger partial charge in [-0.25, -0.2) is 4.98 Å². The van der Waals surface area contributed by atoms with Crippen LogP contribution in [0.15, 0.2) is 29.5 Å². The molecule has 2 heterocycles. The average Bonchev–Trinajstić information content (AvgIpc) is 2.81. The second-order valence-corrected chi connectivity index (χ2v) is 3.47. The minimum absolute atomic E-state index is 0.193. The van der Waals surface area contributed by atoms with Crippen LogP contribution < -0.4 is 5.32 Å². The molecule has 0 aliphatic rings. The Balaban J connectivity index is 1.92. The van der Waals surface area contributed by atoms with Crippen molar-refractivity contribution in [3.8, 4) is 0 Å². The highest BCUT2D eigenvalue weighted by molar-refractivity contribution is 7.07. The molecule has 1 N–H and O–H groups in total. The second kappa shape index (κ2) is 4.61. The molecule has 0 unspecified atom stereocenters. The van der Waals surface area contributed by atoms with Gasteiger partial charge >= 0.3 is 0 Å². The van der Waals surface area contributed by atoms with Gasteiger partial charge in [-0.15, -0.1) is 11.3 Å². The molecular formula is C9H8N4OS. The van der Waals surface area contributed by atoms with E-state index in [-0.39, 0.29) is 5.91 Å². The van der Waals surface area contributed by atoms with Crippen molar-refractivity contribution < 1.29 is 4.79 Å². The highest BCUT2D eigenvalue weighted by Gasteiger charge is 2.06. The van der Waals surface area contributed by atoms with Gasteiger partial charge in [0.2, 0.25) is 0 Å². The van der Waals surface area contributed by atoms with E-state index in [2.05, 4.69) is 20.3 Å². The van der Waals surface area contributed by atoms with E-state index in [4.69, 9.17) is 0 Å². The number of aromatic nitrogens is 3. The van der Waals surface area contributed by atoms with Crippen LogP contribution in [0.5, 0.6) is 0 Å². The summed E-state index contributed by atoms with van der Waals surface area (Å²) >= 11 is 1.39. The standard InChI is InChI=1S/C9H8N4OS/c14-9(8-5-15-6-13-8)12-4-7-3-10-1-2-11-7/h1-3,5-6H,4H2,(H,12,14). The monoisotopic (exact) mass is 220 g/mol. The smallest absolute Gasteiger partial charge is 0.271 e. The first-order chi connectivity index (χ1) is 7.36.